The number of nitrogens with one attached hydrogen (secondary N) is 1. The second-order valence-corrected chi connectivity index (χ2v) is 6.20. The van der Waals surface area contributed by atoms with E-state index in [0.29, 0.717) is 13.2 Å². The minimum absolute atomic E-state index is 0.000332. The van der Waals surface area contributed by atoms with Gasteiger partial charge in [0.25, 0.3) is 5.91 Å². The Balaban J connectivity index is 1.88. The molecule has 1 fully saturated rings. The quantitative estimate of drug-likeness (QED) is 0.605. The van der Waals surface area contributed by atoms with Crippen molar-refractivity contribution in [2.24, 2.45) is 0 Å². The Bertz CT molecular complexity index is 620. The molecule has 0 radical (unpaired) electrons. The van der Waals surface area contributed by atoms with Crippen molar-refractivity contribution in [2.75, 3.05) is 19.8 Å². The van der Waals surface area contributed by atoms with Gasteiger partial charge < -0.3 is 14.8 Å². The van der Waals surface area contributed by atoms with E-state index in [2.05, 4.69) is 10.3 Å². The fourth-order valence-corrected chi connectivity index (χ4v) is 2.71. The van der Waals surface area contributed by atoms with Gasteiger partial charge in [-0.25, -0.2) is 9.78 Å². The largest absolute Gasteiger partial charge is 0.451 e. The highest BCUT2D eigenvalue weighted by Crippen LogP contribution is 2.36. The molecule has 1 N–H and O–H groups in total. The number of ether oxygens (including phenoxy) is 2. The number of pyridine rings is 1. The lowest BCUT2D eigenvalue weighted by Crippen LogP contribution is -2.34. The second kappa shape index (κ2) is 8.35. The summed E-state index contributed by atoms with van der Waals surface area (Å²) in [6.07, 6.45) is 1.86. The van der Waals surface area contributed by atoms with Crippen molar-refractivity contribution in [1.29, 1.82) is 0 Å². The second-order valence-electron chi connectivity index (χ2n) is 4.71. The van der Waals surface area contributed by atoms with Crippen LogP contribution in [0.15, 0.2) is 0 Å². The van der Waals surface area contributed by atoms with Crippen molar-refractivity contribution in [3.63, 3.8) is 0 Å². The average molecular weight is 402 g/mol. The molecule has 0 aliphatic carbocycles. The molecule has 1 aromatic heterocycles. The normalized spacial score (nSPS) is 17.1. The third kappa shape index (κ3) is 4.84. The number of hydrogen-bond acceptors (Lipinski definition) is 5. The molecule has 0 unspecified atom stereocenters. The van der Waals surface area contributed by atoms with Gasteiger partial charge in [0.05, 0.1) is 21.2 Å². The van der Waals surface area contributed by atoms with Gasteiger partial charge in [0.1, 0.15) is 5.15 Å². The van der Waals surface area contributed by atoms with Crippen LogP contribution < -0.4 is 5.32 Å². The van der Waals surface area contributed by atoms with Crippen LogP contribution in [0.3, 0.4) is 0 Å². The Morgan fingerprint density at radius 1 is 1.22 bits per heavy atom. The number of halogens is 4. The fourth-order valence-electron chi connectivity index (χ4n) is 1.91. The van der Waals surface area contributed by atoms with E-state index < -0.39 is 18.5 Å². The van der Waals surface area contributed by atoms with Crippen LogP contribution in [0.1, 0.15) is 23.3 Å². The Morgan fingerprint density at radius 3 is 2.61 bits per heavy atom. The Labute approximate surface area is 152 Å². The molecule has 1 atom stereocenters. The third-order valence-electron chi connectivity index (χ3n) is 3.06. The smallest absolute Gasteiger partial charge is 0.359 e. The molecular weight excluding hydrogens is 390 g/mol. The number of carbonyl (C=O) groups is 2. The maximum absolute atomic E-state index is 11.9. The van der Waals surface area contributed by atoms with Gasteiger partial charge in [0.15, 0.2) is 12.3 Å². The van der Waals surface area contributed by atoms with E-state index >= 15 is 0 Å². The summed E-state index contributed by atoms with van der Waals surface area (Å²) in [6, 6.07) is 0. The number of hydrogen-bond donors (Lipinski definition) is 1. The van der Waals surface area contributed by atoms with Crippen LogP contribution in [-0.2, 0) is 14.3 Å². The highest BCUT2D eigenvalue weighted by molar-refractivity contribution is 6.52. The zero-order chi connectivity index (χ0) is 17.0. The molecule has 1 amide bonds. The first-order valence-corrected chi connectivity index (χ1v) is 8.16. The van der Waals surface area contributed by atoms with Gasteiger partial charge >= 0.3 is 5.97 Å². The van der Waals surface area contributed by atoms with E-state index in [9.17, 15) is 9.59 Å². The van der Waals surface area contributed by atoms with E-state index in [1.54, 1.807) is 0 Å². The maximum atomic E-state index is 11.9. The third-order valence-corrected chi connectivity index (χ3v) is 4.74. The molecule has 0 saturated carbocycles. The maximum Gasteiger partial charge on any atom is 0.359 e. The van der Waals surface area contributed by atoms with Crippen molar-refractivity contribution in [2.45, 2.75) is 18.9 Å². The topological polar surface area (TPSA) is 77.5 Å². The van der Waals surface area contributed by atoms with Crippen LogP contribution in [0.4, 0.5) is 0 Å². The standard InChI is InChI=1S/C13H12Cl4N2O4/c14-8-9(15)11(19-12(17)10(8)16)13(21)23-5-7(20)18-4-6-2-1-3-22-6/h6H,1-5H2,(H,18,20)/t6-/m0/s1. The molecule has 23 heavy (non-hydrogen) atoms. The number of aromatic nitrogens is 1. The lowest BCUT2D eigenvalue weighted by Gasteiger charge is -2.11. The number of esters is 1. The highest BCUT2D eigenvalue weighted by Gasteiger charge is 2.22. The number of rotatable bonds is 5. The fraction of sp³-hybridized carbons (Fsp3) is 0.462. The molecule has 1 aliphatic rings. The van der Waals surface area contributed by atoms with E-state index in [0.717, 1.165) is 12.8 Å². The SMILES string of the molecule is O=C(COC(=O)c1nc(Cl)c(Cl)c(Cl)c1Cl)NC[C@@H]1CCCO1. The summed E-state index contributed by atoms with van der Waals surface area (Å²) in [4.78, 5) is 27.3. The summed E-state index contributed by atoms with van der Waals surface area (Å²) in [7, 11) is 0. The van der Waals surface area contributed by atoms with Crippen molar-refractivity contribution in [3.8, 4) is 0 Å². The lowest BCUT2D eigenvalue weighted by molar-refractivity contribution is -0.124. The van der Waals surface area contributed by atoms with Crippen molar-refractivity contribution < 1.29 is 19.1 Å². The first-order valence-electron chi connectivity index (χ1n) is 6.65. The van der Waals surface area contributed by atoms with Crippen LogP contribution in [-0.4, -0.2) is 42.7 Å². The Kier molecular flexibility index (Phi) is 6.73. The molecule has 10 heteroatoms. The Hall–Kier alpha value is -0.790. The monoisotopic (exact) mass is 400 g/mol. The molecule has 0 spiro atoms. The van der Waals surface area contributed by atoms with Crippen LogP contribution in [0.2, 0.25) is 20.2 Å². The molecule has 6 nitrogen and oxygen atoms in total. The summed E-state index contributed by atoms with van der Waals surface area (Å²) in [5.74, 6) is -1.39. The van der Waals surface area contributed by atoms with E-state index in [-0.39, 0.29) is 32.0 Å². The van der Waals surface area contributed by atoms with E-state index in [1.165, 1.54) is 0 Å². The number of amides is 1. The summed E-state index contributed by atoms with van der Waals surface area (Å²) in [5.41, 5.74) is -0.307. The van der Waals surface area contributed by atoms with Gasteiger partial charge in [-0.3, -0.25) is 4.79 Å². The van der Waals surface area contributed by atoms with Crippen LogP contribution in [0.25, 0.3) is 0 Å². The van der Waals surface area contributed by atoms with Gasteiger partial charge in [0, 0.05) is 13.2 Å². The molecular formula is C13H12Cl4N2O4. The molecule has 1 aliphatic heterocycles. The highest BCUT2D eigenvalue weighted by atomic mass is 35.5. The predicted octanol–water partition coefficient (Wildman–Crippen LogP) is 3.15. The van der Waals surface area contributed by atoms with Crippen LogP contribution in [0, 0.1) is 0 Å². The van der Waals surface area contributed by atoms with E-state index in [1.807, 2.05) is 0 Å². The van der Waals surface area contributed by atoms with Crippen molar-refractivity contribution in [3.05, 3.63) is 25.9 Å². The lowest BCUT2D eigenvalue weighted by atomic mass is 10.2. The summed E-state index contributed by atoms with van der Waals surface area (Å²) in [5, 5.41) is 2.06. The van der Waals surface area contributed by atoms with Crippen molar-refractivity contribution in [1.82, 2.24) is 10.3 Å². The molecule has 1 saturated heterocycles. The molecule has 2 heterocycles. The van der Waals surface area contributed by atoms with Crippen molar-refractivity contribution >= 4 is 58.3 Å². The molecule has 0 aromatic carbocycles. The zero-order valence-corrected chi connectivity index (χ0v) is 14.7. The van der Waals surface area contributed by atoms with Crippen LogP contribution in [0.5, 0.6) is 0 Å². The summed E-state index contributed by atoms with van der Waals surface area (Å²) < 4.78 is 10.2. The van der Waals surface area contributed by atoms with E-state index in [4.69, 9.17) is 55.9 Å². The zero-order valence-electron chi connectivity index (χ0n) is 11.7. The van der Waals surface area contributed by atoms with Gasteiger partial charge in [-0.05, 0) is 12.8 Å². The predicted molar refractivity (Wildman–Crippen MR) is 86.5 cm³/mol. The minimum atomic E-state index is -0.928. The van der Waals surface area contributed by atoms with Gasteiger partial charge in [0.2, 0.25) is 0 Å². The van der Waals surface area contributed by atoms with Gasteiger partial charge in [-0.15, -0.1) is 0 Å². The molecule has 2 rings (SSSR count). The first-order chi connectivity index (χ1) is 10.9. The molecule has 0 bridgehead atoms. The van der Waals surface area contributed by atoms with Crippen LogP contribution >= 0.6 is 46.4 Å². The first kappa shape index (κ1) is 18.5. The van der Waals surface area contributed by atoms with Gasteiger partial charge in [-0.2, -0.15) is 0 Å². The average Bonchev–Trinajstić information content (AvgIpc) is 3.05. The molecule has 126 valence electrons. The van der Waals surface area contributed by atoms with Gasteiger partial charge in [-0.1, -0.05) is 46.4 Å². The Morgan fingerprint density at radius 2 is 1.96 bits per heavy atom. The molecule has 1 aromatic rings. The summed E-state index contributed by atoms with van der Waals surface area (Å²) in [6.45, 7) is 0.577. The number of nitrogens with zero attached hydrogens (tertiary/aromatic N) is 1. The summed E-state index contributed by atoms with van der Waals surface area (Å²) >= 11 is 23.2. The minimum Gasteiger partial charge on any atom is -0.451 e. The number of carbonyl (C=O) groups excluding carboxylic acids is 2.